The van der Waals surface area contributed by atoms with Crippen LogP contribution in [0.1, 0.15) is 35.7 Å². The highest BCUT2D eigenvalue weighted by Crippen LogP contribution is 2.38. The van der Waals surface area contributed by atoms with Gasteiger partial charge in [-0.15, -0.1) is 11.8 Å². The smallest absolute Gasteiger partial charge is 0.0431 e. The van der Waals surface area contributed by atoms with Crippen molar-refractivity contribution < 1.29 is 0 Å². The Hall–Kier alpha value is -1.25. The molecule has 0 radical (unpaired) electrons. The van der Waals surface area contributed by atoms with E-state index in [0.29, 0.717) is 12.1 Å². The molecule has 3 rings (SSSR count). The molecule has 0 aliphatic carbocycles. The van der Waals surface area contributed by atoms with Crippen molar-refractivity contribution in [3.8, 4) is 0 Å². The van der Waals surface area contributed by atoms with Crippen LogP contribution in [0.25, 0.3) is 0 Å². The molecule has 2 heteroatoms. The predicted molar refractivity (Wildman–Crippen MR) is 82.6 cm³/mol. The van der Waals surface area contributed by atoms with E-state index in [0.717, 1.165) is 5.75 Å². The van der Waals surface area contributed by atoms with Gasteiger partial charge in [-0.25, -0.2) is 0 Å². The first kappa shape index (κ1) is 12.8. The van der Waals surface area contributed by atoms with Gasteiger partial charge in [0.2, 0.25) is 0 Å². The molecule has 1 heterocycles. The van der Waals surface area contributed by atoms with Gasteiger partial charge in [-0.1, -0.05) is 42.5 Å². The second kappa shape index (κ2) is 5.40. The van der Waals surface area contributed by atoms with Crippen LogP contribution < -0.4 is 5.32 Å². The van der Waals surface area contributed by atoms with Crippen molar-refractivity contribution in [1.82, 2.24) is 5.32 Å². The van der Waals surface area contributed by atoms with Gasteiger partial charge >= 0.3 is 0 Å². The summed E-state index contributed by atoms with van der Waals surface area (Å²) in [6, 6.07) is 18.2. The van der Waals surface area contributed by atoms with E-state index in [4.69, 9.17) is 0 Å². The Kier molecular flexibility index (Phi) is 3.63. The van der Waals surface area contributed by atoms with E-state index in [9.17, 15) is 0 Å². The standard InChI is InChI=1S/C17H19NS/c1-12-7-3-4-8-14(12)13(2)18-16-11-19-17-10-6-5-9-15(16)17/h3-10,13,16,18H,11H2,1-2H3/t13-,16?/m0/s1. The van der Waals surface area contributed by atoms with Gasteiger partial charge in [0.1, 0.15) is 0 Å². The number of thioether (sulfide) groups is 1. The van der Waals surface area contributed by atoms with E-state index in [1.54, 1.807) is 0 Å². The summed E-state index contributed by atoms with van der Waals surface area (Å²) in [6.07, 6.45) is 0. The Labute approximate surface area is 119 Å². The lowest BCUT2D eigenvalue weighted by atomic mass is 10.0. The molecule has 2 atom stereocenters. The molecule has 0 amide bonds. The normalized spacial score (nSPS) is 19.2. The van der Waals surface area contributed by atoms with Gasteiger partial charge in [0, 0.05) is 22.7 Å². The number of nitrogens with one attached hydrogen (secondary N) is 1. The Morgan fingerprint density at radius 3 is 2.68 bits per heavy atom. The zero-order valence-electron chi connectivity index (χ0n) is 11.4. The summed E-state index contributed by atoms with van der Waals surface area (Å²) in [4.78, 5) is 1.43. The number of aryl methyl sites for hydroxylation is 1. The summed E-state index contributed by atoms with van der Waals surface area (Å²) in [6.45, 7) is 4.44. The molecule has 0 fully saturated rings. The van der Waals surface area contributed by atoms with Crippen LogP contribution in [0.3, 0.4) is 0 Å². The van der Waals surface area contributed by atoms with Gasteiger partial charge in [-0.2, -0.15) is 0 Å². The molecule has 2 aromatic carbocycles. The van der Waals surface area contributed by atoms with Crippen LogP contribution in [0.4, 0.5) is 0 Å². The maximum Gasteiger partial charge on any atom is 0.0431 e. The lowest BCUT2D eigenvalue weighted by Crippen LogP contribution is -2.25. The Morgan fingerprint density at radius 1 is 1.11 bits per heavy atom. The molecule has 0 aromatic heterocycles. The van der Waals surface area contributed by atoms with Crippen LogP contribution in [-0.4, -0.2) is 5.75 Å². The predicted octanol–water partition coefficient (Wildman–Crippen LogP) is 4.49. The number of benzene rings is 2. The molecule has 19 heavy (non-hydrogen) atoms. The SMILES string of the molecule is Cc1ccccc1[C@H](C)NC1CSc2ccccc21. The summed E-state index contributed by atoms with van der Waals surface area (Å²) in [7, 11) is 0. The highest BCUT2D eigenvalue weighted by molar-refractivity contribution is 7.99. The van der Waals surface area contributed by atoms with Crippen molar-refractivity contribution in [2.75, 3.05) is 5.75 Å². The maximum absolute atomic E-state index is 3.77. The van der Waals surface area contributed by atoms with Gasteiger partial charge in [0.05, 0.1) is 0 Å². The Bertz CT molecular complexity index is 579. The summed E-state index contributed by atoms with van der Waals surface area (Å²) in [5.74, 6) is 1.13. The first-order valence-electron chi connectivity index (χ1n) is 6.79. The van der Waals surface area contributed by atoms with Gasteiger partial charge in [-0.05, 0) is 36.6 Å². The van der Waals surface area contributed by atoms with E-state index < -0.39 is 0 Å². The third kappa shape index (κ3) is 2.56. The molecule has 1 aliphatic heterocycles. The molecule has 98 valence electrons. The average Bonchev–Trinajstić information content (AvgIpc) is 2.83. The van der Waals surface area contributed by atoms with Crippen LogP contribution in [0.2, 0.25) is 0 Å². The monoisotopic (exact) mass is 269 g/mol. The number of hydrogen-bond donors (Lipinski definition) is 1. The minimum Gasteiger partial charge on any atom is -0.303 e. The van der Waals surface area contributed by atoms with Crippen molar-refractivity contribution in [1.29, 1.82) is 0 Å². The van der Waals surface area contributed by atoms with Crippen LogP contribution in [0.5, 0.6) is 0 Å². The minimum atomic E-state index is 0.387. The highest BCUT2D eigenvalue weighted by Gasteiger charge is 2.24. The van der Waals surface area contributed by atoms with Gasteiger partial charge in [0.25, 0.3) is 0 Å². The fourth-order valence-corrected chi connectivity index (χ4v) is 3.94. The number of rotatable bonds is 3. The molecular formula is C17H19NS. The Balaban J connectivity index is 1.78. The van der Waals surface area contributed by atoms with Crippen molar-refractivity contribution in [2.24, 2.45) is 0 Å². The van der Waals surface area contributed by atoms with Gasteiger partial charge < -0.3 is 5.32 Å². The van der Waals surface area contributed by atoms with Crippen LogP contribution in [0.15, 0.2) is 53.4 Å². The summed E-state index contributed by atoms with van der Waals surface area (Å²) in [5.41, 5.74) is 4.21. The second-order valence-electron chi connectivity index (χ2n) is 5.15. The van der Waals surface area contributed by atoms with Crippen molar-refractivity contribution >= 4 is 11.8 Å². The zero-order chi connectivity index (χ0) is 13.2. The van der Waals surface area contributed by atoms with Crippen LogP contribution in [-0.2, 0) is 0 Å². The first-order chi connectivity index (χ1) is 9.25. The minimum absolute atomic E-state index is 0.387. The average molecular weight is 269 g/mol. The van der Waals surface area contributed by atoms with E-state index in [1.165, 1.54) is 21.6 Å². The third-order valence-electron chi connectivity index (χ3n) is 3.81. The molecular weight excluding hydrogens is 250 g/mol. The molecule has 1 unspecified atom stereocenters. The second-order valence-corrected chi connectivity index (χ2v) is 6.21. The van der Waals surface area contributed by atoms with Crippen molar-refractivity contribution in [3.63, 3.8) is 0 Å². The lowest BCUT2D eigenvalue weighted by molar-refractivity contribution is 0.499. The fourth-order valence-electron chi connectivity index (χ4n) is 2.76. The molecule has 0 bridgehead atoms. The zero-order valence-corrected chi connectivity index (χ0v) is 12.2. The van der Waals surface area contributed by atoms with Gasteiger partial charge in [-0.3, -0.25) is 0 Å². The first-order valence-corrected chi connectivity index (χ1v) is 7.77. The molecule has 0 spiro atoms. The molecule has 0 saturated heterocycles. The molecule has 2 aromatic rings. The summed E-state index contributed by atoms with van der Waals surface area (Å²) in [5, 5.41) is 3.77. The van der Waals surface area contributed by atoms with Crippen LogP contribution in [0, 0.1) is 6.92 Å². The lowest BCUT2D eigenvalue weighted by Gasteiger charge is -2.21. The highest BCUT2D eigenvalue weighted by atomic mass is 32.2. The molecule has 1 nitrogen and oxygen atoms in total. The summed E-state index contributed by atoms with van der Waals surface area (Å²) < 4.78 is 0. The van der Waals surface area contributed by atoms with E-state index >= 15 is 0 Å². The Morgan fingerprint density at radius 2 is 1.84 bits per heavy atom. The quantitative estimate of drug-likeness (QED) is 0.881. The largest absolute Gasteiger partial charge is 0.303 e. The van der Waals surface area contributed by atoms with E-state index in [2.05, 4.69) is 67.7 Å². The number of hydrogen-bond acceptors (Lipinski definition) is 2. The van der Waals surface area contributed by atoms with E-state index in [-0.39, 0.29) is 0 Å². The summed E-state index contributed by atoms with van der Waals surface area (Å²) >= 11 is 1.95. The molecule has 1 N–H and O–H groups in total. The number of fused-ring (bicyclic) bond motifs is 1. The topological polar surface area (TPSA) is 12.0 Å². The maximum atomic E-state index is 3.77. The molecule has 1 aliphatic rings. The fraction of sp³-hybridized carbons (Fsp3) is 0.294. The van der Waals surface area contributed by atoms with E-state index in [1.807, 2.05) is 11.8 Å². The van der Waals surface area contributed by atoms with Crippen molar-refractivity contribution in [3.05, 3.63) is 65.2 Å². The van der Waals surface area contributed by atoms with Gasteiger partial charge in [0.15, 0.2) is 0 Å². The third-order valence-corrected chi connectivity index (χ3v) is 4.99. The van der Waals surface area contributed by atoms with Crippen LogP contribution >= 0.6 is 11.8 Å². The molecule has 0 saturated carbocycles. The van der Waals surface area contributed by atoms with Crippen molar-refractivity contribution in [2.45, 2.75) is 30.8 Å².